The Morgan fingerprint density at radius 2 is 2.05 bits per heavy atom. The largest absolute Gasteiger partial charge is 0.395 e. The fourth-order valence-electron chi connectivity index (χ4n) is 2.53. The predicted octanol–water partition coefficient (Wildman–Crippen LogP) is 1.60. The molecular weight excluding hydrogens is 304 g/mol. The number of nitrogens with zero attached hydrogens (tertiary/aromatic N) is 2. The van der Waals surface area contributed by atoms with Crippen molar-refractivity contribution in [2.24, 2.45) is 0 Å². The summed E-state index contributed by atoms with van der Waals surface area (Å²) in [5.74, 6) is 0. The van der Waals surface area contributed by atoms with E-state index in [0.29, 0.717) is 10.7 Å². The summed E-state index contributed by atoms with van der Waals surface area (Å²) < 4.78 is 0. The number of halogens is 1. The minimum absolute atomic E-state index is 0.0885. The number of benzene rings is 1. The molecule has 1 aromatic carbocycles. The van der Waals surface area contributed by atoms with Gasteiger partial charge in [0.05, 0.1) is 18.0 Å². The molecule has 1 aromatic rings. The highest BCUT2D eigenvalue weighted by molar-refractivity contribution is 6.31. The minimum atomic E-state index is -0.343. The Kier molecular flexibility index (Phi) is 6.30. The zero-order valence-corrected chi connectivity index (χ0v) is 13.6. The van der Waals surface area contributed by atoms with Crippen LogP contribution in [0.25, 0.3) is 0 Å². The fraction of sp³-hybridized carbons (Fsp3) is 0.533. The fourth-order valence-corrected chi connectivity index (χ4v) is 2.70. The highest BCUT2D eigenvalue weighted by Crippen LogP contribution is 2.30. The van der Waals surface area contributed by atoms with E-state index in [9.17, 15) is 4.79 Å². The van der Waals surface area contributed by atoms with Crippen molar-refractivity contribution in [2.45, 2.75) is 6.92 Å². The lowest BCUT2D eigenvalue weighted by molar-refractivity contribution is 0.245. The lowest BCUT2D eigenvalue weighted by Crippen LogP contribution is -2.46. The number of carbonyl (C=O) groups excluding carboxylic acids is 1. The topological polar surface area (TPSA) is 67.8 Å². The third-order valence-electron chi connectivity index (χ3n) is 3.76. The van der Waals surface area contributed by atoms with Gasteiger partial charge in [0.25, 0.3) is 0 Å². The van der Waals surface area contributed by atoms with E-state index >= 15 is 0 Å². The van der Waals surface area contributed by atoms with Crippen LogP contribution in [0.3, 0.4) is 0 Å². The summed E-state index contributed by atoms with van der Waals surface area (Å²) in [5.41, 5.74) is 1.66. The average molecular weight is 327 g/mol. The van der Waals surface area contributed by atoms with E-state index in [0.717, 1.165) is 38.4 Å². The number of hydrogen-bond acceptors (Lipinski definition) is 4. The second kappa shape index (κ2) is 8.22. The highest BCUT2D eigenvalue weighted by atomic mass is 35.5. The molecule has 3 N–H and O–H groups in total. The number of rotatable bonds is 5. The molecule has 6 nitrogen and oxygen atoms in total. The lowest BCUT2D eigenvalue weighted by Gasteiger charge is -2.36. The molecular formula is C15H23ClN4O2. The van der Waals surface area contributed by atoms with Gasteiger partial charge in [-0.25, -0.2) is 4.79 Å². The standard InChI is InChI=1S/C15H23ClN4O2/c1-2-19-6-8-20(9-7-19)14-4-3-12(16)11-13(14)18-15(22)17-5-10-21/h3-4,11,21H,2,5-10H2,1H3,(H2,17,18,22). The van der Waals surface area contributed by atoms with Gasteiger partial charge < -0.3 is 25.5 Å². The maximum absolute atomic E-state index is 11.8. The SMILES string of the molecule is CCN1CCN(c2ccc(Cl)cc2NC(=O)NCCO)CC1. The van der Waals surface area contributed by atoms with Gasteiger partial charge in [-0.05, 0) is 24.7 Å². The van der Waals surface area contributed by atoms with Crippen LogP contribution >= 0.6 is 11.6 Å². The number of carbonyl (C=O) groups is 1. The first-order valence-electron chi connectivity index (χ1n) is 7.56. The van der Waals surface area contributed by atoms with Crippen molar-refractivity contribution in [3.63, 3.8) is 0 Å². The molecule has 7 heteroatoms. The summed E-state index contributed by atoms with van der Waals surface area (Å²) in [7, 11) is 0. The Balaban J connectivity index is 2.09. The van der Waals surface area contributed by atoms with E-state index in [4.69, 9.17) is 16.7 Å². The number of hydrogen-bond donors (Lipinski definition) is 3. The predicted molar refractivity (Wildman–Crippen MR) is 89.9 cm³/mol. The van der Waals surface area contributed by atoms with Gasteiger partial charge in [0, 0.05) is 37.7 Å². The molecule has 0 bridgehead atoms. The number of aliphatic hydroxyl groups excluding tert-OH is 1. The first-order chi connectivity index (χ1) is 10.6. The number of anilines is 2. The van der Waals surface area contributed by atoms with Crippen LogP contribution in [0.1, 0.15) is 6.92 Å². The average Bonchev–Trinajstić information content (AvgIpc) is 2.53. The monoisotopic (exact) mass is 326 g/mol. The van der Waals surface area contributed by atoms with Crippen molar-refractivity contribution in [3.8, 4) is 0 Å². The summed E-state index contributed by atoms with van der Waals surface area (Å²) >= 11 is 6.05. The summed E-state index contributed by atoms with van der Waals surface area (Å²) in [6, 6.07) is 5.18. The van der Waals surface area contributed by atoms with Crippen molar-refractivity contribution in [1.82, 2.24) is 10.2 Å². The third kappa shape index (κ3) is 4.50. The minimum Gasteiger partial charge on any atom is -0.395 e. The second-order valence-corrected chi connectivity index (χ2v) is 5.62. The highest BCUT2D eigenvalue weighted by Gasteiger charge is 2.19. The van der Waals surface area contributed by atoms with Crippen LogP contribution < -0.4 is 15.5 Å². The number of likely N-dealkylation sites (N-methyl/N-ethyl adjacent to an activating group) is 1. The molecule has 0 aromatic heterocycles. The molecule has 0 unspecified atom stereocenters. The molecule has 0 aliphatic carbocycles. The Labute approximate surface area is 136 Å². The zero-order valence-electron chi connectivity index (χ0n) is 12.8. The van der Waals surface area contributed by atoms with Crippen molar-refractivity contribution in [1.29, 1.82) is 0 Å². The number of amides is 2. The molecule has 0 spiro atoms. The Morgan fingerprint density at radius 3 is 2.68 bits per heavy atom. The molecule has 0 atom stereocenters. The van der Waals surface area contributed by atoms with Crippen LogP contribution in [-0.2, 0) is 0 Å². The summed E-state index contributed by atoms with van der Waals surface area (Å²) in [4.78, 5) is 16.5. The molecule has 2 amide bonds. The zero-order chi connectivity index (χ0) is 15.9. The first kappa shape index (κ1) is 16.9. The van der Waals surface area contributed by atoms with Gasteiger partial charge in [-0.2, -0.15) is 0 Å². The van der Waals surface area contributed by atoms with Gasteiger partial charge in [-0.1, -0.05) is 18.5 Å². The number of aliphatic hydroxyl groups is 1. The summed E-state index contributed by atoms with van der Waals surface area (Å²) in [6.07, 6.45) is 0. The second-order valence-electron chi connectivity index (χ2n) is 5.19. The van der Waals surface area contributed by atoms with E-state index in [-0.39, 0.29) is 19.2 Å². The van der Waals surface area contributed by atoms with E-state index in [1.807, 2.05) is 12.1 Å². The van der Waals surface area contributed by atoms with Crippen LogP contribution in [0, 0.1) is 0 Å². The molecule has 0 saturated carbocycles. The van der Waals surface area contributed by atoms with Gasteiger partial charge in [0.2, 0.25) is 0 Å². The smallest absolute Gasteiger partial charge is 0.319 e. The Hall–Kier alpha value is -1.50. The number of piperazine rings is 1. The van der Waals surface area contributed by atoms with Crippen molar-refractivity contribution < 1.29 is 9.90 Å². The maximum atomic E-state index is 11.8. The van der Waals surface area contributed by atoms with Gasteiger partial charge in [-0.15, -0.1) is 0 Å². The number of nitrogens with one attached hydrogen (secondary N) is 2. The van der Waals surface area contributed by atoms with Crippen LogP contribution in [0.4, 0.5) is 16.2 Å². The van der Waals surface area contributed by atoms with Crippen LogP contribution in [0.5, 0.6) is 0 Å². The molecule has 22 heavy (non-hydrogen) atoms. The molecule has 1 fully saturated rings. The van der Waals surface area contributed by atoms with Gasteiger partial charge in [-0.3, -0.25) is 0 Å². The van der Waals surface area contributed by atoms with Crippen molar-refractivity contribution in [3.05, 3.63) is 23.2 Å². The molecule has 1 aliphatic heterocycles. The van der Waals surface area contributed by atoms with E-state index in [2.05, 4.69) is 27.4 Å². The normalized spacial score (nSPS) is 15.7. The third-order valence-corrected chi connectivity index (χ3v) is 4.00. The molecule has 1 heterocycles. The molecule has 122 valence electrons. The maximum Gasteiger partial charge on any atom is 0.319 e. The molecule has 1 saturated heterocycles. The van der Waals surface area contributed by atoms with E-state index in [1.165, 1.54) is 0 Å². The number of urea groups is 1. The summed E-state index contributed by atoms with van der Waals surface area (Å²) in [5, 5.41) is 14.7. The lowest BCUT2D eigenvalue weighted by atomic mass is 10.2. The van der Waals surface area contributed by atoms with Crippen LogP contribution in [0.2, 0.25) is 5.02 Å². The van der Waals surface area contributed by atoms with Gasteiger partial charge in [0.1, 0.15) is 0 Å². The van der Waals surface area contributed by atoms with Gasteiger partial charge in [0.15, 0.2) is 0 Å². The van der Waals surface area contributed by atoms with E-state index < -0.39 is 0 Å². The molecule has 0 radical (unpaired) electrons. The molecule has 2 rings (SSSR count). The Morgan fingerprint density at radius 1 is 1.32 bits per heavy atom. The molecule has 1 aliphatic rings. The van der Waals surface area contributed by atoms with Crippen molar-refractivity contribution in [2.75, 3.05) is 56.1 Å². The van der Waals surface area contributed by atoms with Crippen LogP contribution in [0.15, 0.2) is 18.2 Å². The Bertz CT molecular complexity index is 504. The van der Waals surface area contributed by atoms with Crippen molar-refractivity contribution >= 4 is 29.0 Å². The van der Waals surface area contributed by atoms with E-state index in [1.54, 1.807) is 6.07 Å². The van der Waals surface area contributed by atoms with Gasteiger partial charge >= 0.3 is 6.03 Å². The van der Waals surface area contributed by atoms with Crippen LogP contribution in [-0.4, -0.2) is 61.9 Å². The quantitative estimate of drug-likeness (QED) is 0.769. The first-order valence-corrected chi connectivity index (χ1v) is 7.94. The summed E-state index contributed by atoms with van der Waals surface area (Å²) in [6.45, 7) is 7.21.